The van der Waals surface area contributed by atoms with Crippen molar-refractivity contribution in [3.63, 3.8) is 0 Å². The number of methoxy groups -OCH3 is 1. The molecule has 0 aromatic heterocycles. The Bertz CT molecular complexity index is 873. The number of nitrogens with one attached hydrogen (secondary N) is 1. The largest absolute Gasteiger partial charge is 0.493 e. The van der Waals surface area contributed by atoms with Gasteiger partial charge in [0, 0.05) is 38.9 Å². The highest BCUT2D eigenvalue weighted by Crippen LogP contribution is 2.29. The van der Waals surface area contributed by atoms with Crippen molar-refractivity contribution in [2.24, 2.45) is 0 Å². The van der Waals surface area contributed by atoms with Crippen LogP contribution in [-0.2, 0) is 13.1 Å². The van der Waals surface area contributed by atoms with Crippen LogP contribution in [-0.4, -0.2) is 44.8 Å². The summed E-state index contributed by atoms with van der Waals surface area (Å²) in [5, 5.41) is 2.86. The minimum atomic E-state index is -2.93. The minimum Gasteiger partial charge on any atom is -0.493 e. The van der Waals surface area contributed by atoms with E-state index in [-0.39, 0.29) is 24.1 Å². The molecule has 1 aliphatic heterocycles. The number of hydrogen-bond acceptors (Lipinski definition) is 4. The molecule has 6 nitrogen and oxygen atoms in total. The third kappa shape index (κ3) is 6.23. The fourth-order valence-corrected chi connectivity index (χ4v) is 3.74. The summed E-state index contributed by atoms with van der Waals surface area (Å²) in [7, 11) is 3.13. The number of hydrogen-bond donors (Lipinski definition) is 1. The lowest BCUT2D eigenvalue weighted by molar-refractivity contribution is -0.0512. The number of ether oxygens (including phenoxy) is 2. The topological polar surface area (TPSA) is 54.0 Å². The lowest BCUT2D eigenvalue weighted by atomic mass is 10.1. The Balaban J connectivity index is 1.59. The van der Waals surface area contributed by atoms with Gasteiger partial charge in [-0.05, 0) is 48.6 Å². The van der Waals surface area contributed by atoms with Crippen LogP contribution < -0.4 is 19.7 Å². The standard InChI is InChI=1S/C23H29F2N3O3/c1-27(16-18-8-4-5-9-19(18)28-12-6-3-7-13-28)23(29)26-15-17-10-11-20(31-22(24)25)21(14-17)30-2/h4-5,8-11,14,22H,3,6-7,12-13,15-16H2,1-2H3,(H,26,29). The predicted octanol–water partition coefficient (Wildman–Crippen LogP) is 4.63. The predicted molar refractivity (Wildman–Crippen MR) is 116 cm³/mol. The average Bonchev–Trinajstić information content (AvgIpc) is 2.78. The van der Waals surface area contributed by atoms with Crippen molar-refractivity contribution in [2.45, 2.75) is 39.0 Å². The molecule has 1 N–H and O–H groups in total. The van der Waals surface area contributed by atoms with Crippen LogP contribution in [0, 0.1) is 0 Å². The van der Waals surface area contributed by atoms with Crippen LogP contribution in [0.1, 0.15) is 30.4 Å². The van der Waals surface area contributed by atoms with Crippen molar-refractivity contribution >= 4 is 11.7 Å². The number of rotatable bonds is 8. The molecule has 1 aliphatic rings. The SMILES string of the molecule is COc1cc(CNC(=O)N(C)Cc2ccccc2N2CCCCC2)ccc1OC(F)F. The van der Waals surface area contributed by atoms with Gasteiger partial charge in [0.25, 0.3) is 0 Å². The summed E-state index contributed by atoms with van der Waals surface area (Å²) in [6.45, 7) is -0.119. The first-order valence-electron chi connectivity index (χ1n) is 10.4. The molecule has 168 valence electrons. The van der Waals surface area contributed by atoms with Gasteiger partial charge in [-0.3, -0.25) is 0 Å². The zero-order valence-electron chi connectivity index (χ0n) is 17.9. The van der Waals surface area contributed by atoms with Crippen LogP contribution in [0.25, 0.3) is 0 Å². The molecule has 31 heavy (non-hydrogen) atoms. The third-order valence-electron chi connectivity index (χ3n) is 5.33. The Morgan fingerprint density at radius 2 is 1.87 bits per heavy atom. The number of benzene rings is 2. The third-order valence-corrected chi connectivity index (χ3v) is 5.33. The molecule has 1 heterocycles. The monoisotopic (exact) mass is 433 g/mol. The smallest absolute Gasteiger partial charge is 0.387 e. The molecule has 2 amide bonds. The zero-order valence-corrected chi connectivity index (χ0v) is 17.9. The number of piperidine rings is 1. The molecular formula is C23H29F2N3O3. The highest BCUT2D eigenvalue weighted by Gasteiger charge is 2.17. The first-order valence-corrected chi connectivity index (χ1v) is 10.4. The van der Waals surface area contributed by atoms with E-state index in [0.29, 0.717) is 12.1 Å². The molecule has 8 heteroatoms. The number of nitrogens with zero attached hydrogens (tertiary/aromatic N) is 2. The number of amides is 2. The van der Waals surface area contributed by atoms with Crippen molar-refractivity contribution in [1.29, 1.82) is 0 Å². The number of para-hydroxylation sites is 1. The molecule has 0 radical (unpaired) electrons. The van der Waals surface area contributed by atoms with E-state index < -0.39 is 6.61 Å². The van der Waals surface area contributed by atoms with Gasteiger partial charge in [0.1, 0.15) is 0 Å². The first kappa shape index (κ1) is 22.7. The second-order valence-corrected chi connectivity index (χ2v) is 7.55. The van der Waals surface area contributed by atoms with Gasteiger partial charge in [0.15, 0.2) is 11.5 Å². The van der Waals surface area contributed by atoms with Crippen molar-refractivity contribution < 1.29 is 23.0 Å². The van der Waals surface area contributed by atoms with Crippen LogP contribution in [0.15, 0.2) is 42.5 Å². The van der Waals surface area contributed by atoms with Gasteiger partial charge in [-0.2, -0.15) is 8.78 Å². The van der Waals surface area contributed by atoms with E-state index >= 15 is 0 Å². The number of urea groups is 1. The van der Waals surface area contributed by atoms with Crippen LogP contribution in [0.2, 0.25) is 0 Å². The van der Waals surface area contributed by atoms with Gasteiger partial charge in [0.2, 0.25) is 0 Å². The normalized spacial score (nSPS) is 13.8. The van der Waals surface area contributed by atoms with Gasteiger partial charge in [-0.15, -0.1) is 0 Å². The Labute approximate surface area is 181 Å². The summed E-state index contributed by atoms with van der Waals surface area (Å²) < 4.78 is 34.5. The average molecular weight is 433 g/mol. The van der Waals surface area contributed by atoms with E-state index in [4.69, 9.17) is 4.74 Å². The van der Waals surface area contributed by atoms with Crippen LogP contribution in [0.4, 0.5) is 19.3 Å². The molecule has 0 unspecified atom stereocenters. The summed E-state index contributed by atoms with van der Waals surface area (Å²) in [6, 6.07) is 12.6. The van der Waals surface area contributed by atoms with Gasteiger partial charge in [0.05, 0.1) is 7.11 Å². The molecule has 1 fully saturated rings. The van der Waals surface area contributed by atoms with Gasteiger partial charge in [-0.25, -0.2) is 4.79 Å². The van der Waals surface area contributed by atoms with E-state index in [1.165, 1.54) is 38.1 Å². The molecule has 2 aromatic rings. The number of carbonyl (C=O) groups is 1. The Morgan fingerprint density at radius 3 is 2.58 bits per heavy atom. The van der Waals surface area contributed by atoms with Crippen LogP contribution >= 0.6 is 0 Å². The summed E-state index contributed by atoms with van der Waals surface area (Å²) in [5.74, 6) is 0.148. The zero-order chi connectivity index (χ0) is 22.2. The fraction of sp³-hybridized carbons (Fsp3) is 0.435. The molecule has 0 bridgehead atoms. The van der Waals surface area contributed by atoms with Crippen LogP contribution in [0.3, 0.4) is 0 Å². The lowest BCUT2D eigenvalue weighted by Crippen LogP contribution is -2.37. The second-order valence-electron chi connectivity index (χ2n) is 7.55. The number of anilines is 1. The van der Waals surface area contributed by atoms with E-state index in [2.05, 4.69) is 27.1 Å². The molecule has 0 aliphatic carbocycles. The van der Waals surface area contributed by atoms with E-state index in [9.17, 15) is 13.6 Å². The Morgan fingerprint density at radius 1 is 1.13 bits per heavy atom. The highest BCUT2D eigenvalue weighted by atomic mass is 19.3. The maximum absolute atomic E-state index is 12.6. The van der Waals surface area contributed by atoms with E-state index in [0.717, 1.165) is 18.7 Å². The van der Waals surface area contributed by atoms with Gasteiger partial charge >= 0.3 is 12.6 Å². The first-order chi connectivity index (χ1) is 15.0. The summed E-state index contributed by atoms with van der Waals surface area (Å²) in [4.78, 5) is 16.6. The maximum Gasteiger partial charge on any atom is 0.387 e. The molecule has 0 spiro atoms. The van der Waals surface area contributed by atoms with Crippen molar-refractivity contribution in [3.8, 4) is 11.5 Å². The molecule has 0 saturated carbocycles. The molecule has 1 saturated heterocycles. The fourth-order valence-electron chi connectivity index (χ4n) is 3.74. The quantitative estimate of drug-likeness (QED) is 0.660. The maximum atomic E-state index is 12.6. The summed E-state index contributed by atoms with van der Waals surface area (Å²) in [6.07, 6.45) is 3.64. The molecular weight excluding hydrogens is 404 g/mol. The molecule has 0 atom stereocenters. The lowest BCUT2D eigenvalue weighted by Gasteiger charge is -2.31. The molecule has 3 rings (SSSR count). The van der Waals surface area contributed by atoms with Crippen molar-refractivity contribution in [3.05, 3.63) is 53.6 Å². The number of alkyl halides is 2. The summed E-state index contributed by atoms with van der Waals surface area (Å²) >= 11 is 0. The Hall–Kier alpha value is -3.03. The van der Waals surface area contributed by atoms with E-state index in [1.54, 1.807) is 24.1 Å². The number of halogens is 2. The summed E-state index contributed by atoms with van der Waals surface area (Å²) in [5.41, 5.74) is 3.01. The minimum absolute atomic E-state index is 0.0426. The highest BCUT2D eigenvalue weighted by molar-refractivity contribution is 5.74. The molecule has 2 aromatic carbocycles. The van der Waals surface area contributed by atoms with Crippen molar-refractivity contribution in [1.82, 2.24) is 10.2 Å². The van der Waals surface area contributed by atoms with Crippen molar-refractivity contribution in [2.75, 3.05) is 32.1 Å². The van der Waals surface area contributed by atoms with Gasteiger partial charge < -0.3 is 24.6 Å². The second kappa shape index (κ2) is 10.8. The number of carbonyl (C=O) groups excluding carboxylic acids is 1. The van der Waals surface area contributed by atoms with E-state index in [1.807, 2.05) is 12.1 Å². The van der Waals surface area contributed by atoms with Gasteiger partial charge in [-0.1, -0.05) is 24.3 Å². The Kier molecular flexibility index (Phi) is 7.92. The van der Waals surface area contributed by atoms with Crippen LogP contribution in [0.5, 0.6) is 11.5 Å².